The second kappa shape index (κ2) is 9.04. The van der Waals surface area contributed by atoms with Crippen LogP contribution in [0, 0.1) is 6.92 Å². The van der Waals surface area contributed by atoms with Gasteiger partial charge in [0.1, 0.15) is 17.0 Å². The van der Waals surface area contributed by atoms with Crippen LogP contribution in [0.2, 0.25) is 5.15 Å². The third-order valence-corrected chi connectivity index (χ3v) is 5.67. The summed E-state index contributed by atoms with van der Waals surface area (Å²) >= 11 is 5.91. The number of morpholine rings is 1. The Morgan fingerprint density at radius 1 is 1.28 bits per heavy atom. The van der Waals surface area contributed by atoms with Crippen LogP contribution < -0.4 is 4.74 Å². The number of pyridine rings is 1. The number of ether oxygens (including phenoxy) is 2. The molecule has 8 heteroatoms. The molecule has 32 heavy (non-hydrogen) atoms. The van der Waals surface area contributed by atoms with Crippen LogP contribution in [-0.4, -0.2) is 45.1 Å². The summed E-state index contributed by atoms with van der Waals surface area (Å²) in [4.78, 5) is 23.5. The molecule has 0 bridgehead atoms. The fourth-order valence-corrected chi connectivity index (χ4v) is 3.86. The minimum atomic E-state index is -0.168. The molecular weight excluding hydrogens is 428 g/mol. The molecule has 0 aliphatic carbocycles. The summed E-state index contributed by atoms with van der Waals surface area (Å²) in [5.41, 5.74) is 3.50. The van der Waals surface area contributed by atoms with Gasteiger partial charge in [-0.25, -0.2) is 9.97 Å². The molecule has 0 radical (unpaired) electrons. The Labute approximate surface area is 192 Å². The molecule has 1 saturated heterocycles. The van der Waals surface area contributed by atoms with Crippen LogP contribution in [0.25, 0.3) is 11.8 Å². The van der Waals surface area contributed by atoms with Gasteiger partial charge in [0.05, 0.1) is 37.4 Å². The lowest BCUT2D eigenvalue weighted by molar-refractivity contribution is -0.141. The Morgan fingerprint density at radius 3 is 2.75 bits per heavy atom. The van der Waals surface area contributed by atoms with Crippen LogP contribution in [0.3, 0.4) is 0 Å². The zero-order valence-electron chi connectivity index (χ0n) is 18.4. The van der Waals surface area contributed by atoms with Crippen molar-refractivity contribution in [2.45, 2.75) is 32.9 Å². The zero-order chi connectivity index (χ0) is 22.8. The Balaban J connectivity index is 1.62. The average Bonchev–Trinajstić information content (AvgIpc) is 3.22. The van der Waals surface area contributed by atoms with Gasteiger partial charge in [0, 0.05) is 12.4 Å². The fraction of sp³-hybridized carbons (Fsp3) is 0.292. The number of halogens is 1. The molecule has 166 valence electrons. The van der Waals surface area contributed by atoms with Crippen LogP contribution >= 0.6 is 11.6 Å². The second-order valence-electron chi connectivity index (χ2n) is 7.84. The van der Waals surface area contributed by atoms with Crippen LogP contribution in [0.1, 0.15) is 36.7 Å². The largest absolute Gasteiger partial charge is 0.495 e. The number of hydrogen-bond acceptors (Lipinski definition) is 5. The first-order valence-electron chi connectivity index (χ1n) is 10.4. The standard InChI is InChI=1S/C24H25ClN4O3/c1-15-12-28(14-27-15)20-7-5-18(9-21(20)31-4)10-22-24(30)29(13-16(2)32-22)17(3)19-6-8-23(25)26-11-19/h5-12,14,16-17H,13H2,1-4H3/b22-10-/t16-,17+/m0/s1. The highest BCUT2D eigenvalue weighted by Gasteiger charge is 2.33. The molecule has 1 fully saturated rings. The molecule has 2 atom stereocenters. The summed E-state index contributed by atoms with van der Waals surface area (Å²) in [6, 6.07) is 9.19. The van der Waals surface area contributed by atoms with Gasteiger partial charge >= 0.3 is 0 Å². The van der Waals surface area contributed by atoms with Crippen LogP contribution in [-0.2, 0) is 9.53 Å². The van der Waals surface area contributed by atoms with E-state index in [2.05, 4.69) is 9.97 Å². The Kier molecular flexibility index (Phi) is 6.19. The monoisotopic (exact) mass is 452 g/mol. The summed E-state index contributed by atoms with van der Waals surface area (Å²) in [7, 11) is 1.62. The van der Waals surface area contributed by atoms with Crippen LogP contribution in [0.5, 0.6) is 5.75 Å². The number of aromatic nitrogens is 3. The van der Waals surface area contributed by atoms with Gasteiger partial charge in [0.15, 0.2) is 5.76 Å². The zero-order valence-corrected chi connectivity index (χ0v) is 19.2. The van der Waals surface area contributed by atoms with Gasteiger partial charge in [-0.15, -0.1) is 0 Å². The Morgan fingerprint density at radius 2 is 2.09 bits per heavy atom. The average molecular weight is 453 g/mol. The van der Waals surface area contributed by atoms with Gasteiger partial charge in [0.2, 0.25) is 0 Å². The number of rotatable bonds is 5. The first kappa shape index (κ1) is 21.9. The Hall–Kier alpha value is -3.32. The highest BCUT2D eigenvalue weighted by atomic mass is 35.5. The van der Waals surface area contributed by atoms with Gasteiger partial charge in [0.25, 0.3) is 5.91 Å². The maximum Gasteiger partial charge on any atom is 0.289 e. The molecule has 2 aromatic heterocycles. The third-order valence-electron chi connectivity index (χ3n) is 5.45. The Bertz CT molecular complexity index is 1160. The van der Waals surface area contributed by atoms with Gasteiger partial charge in [-0.3, -0.25) is 4.79 Å². The van der Waals surface area contributed by atoms with Gasteiger partial charge in [-0.05, 0) is 56.2 Å². The molecule has 4 rings (SSSR count). The summed E-state index contributed by atoms with van der Waals surface area (Å²) < 4.78 is 13.4. The van der Waals surface area contributed by atoms with E-state index >= 15 is 0 Å². The number of benzene rings is 1. The van der Waals surface area contributed by atoms with E-state index in [1.807, 2.05) is 55.8 Å². The van der Waals surface area contributed by atoms with Crippen molar-refractivity contribution in [3.8, 4) is 11.4 Å². The van der Waals surface area contributed by atoms with Crippen molar-refractivity contribution in [1.29, 1.82) is 0 Å². The van der Waals surface area contributed by atoms with E-state index in [9.17, 15) is 4.79 Å². The van der Waals surface area contributed by atoms with Crippen molar-refractivity contribution in [2.24, 2.45) is 0 Å². The predicted molar refractivity (Wildman–Crippen MR) is 123 cm³/mol. The highest BCUT2D eigenvalue weighted by Crippen LogP contribution is 2.30. The van der Waals surface area contributed by atoms with Crippen LogP contribution in [0.4, 0.5) is 0 Å². The lowest BCUT2D eigenvalue weighted by Gasteiger charge is -2.37. The summed E-state index contributed by atoms with van der Waals surface area (Å²) in [6.45, 7) is 6.35. The molecule has 7 nitrogen and oxygen atoms in total. The van der Waals surface area contributed by atoms with Crippen molar-refractivity contribution in [1.82, 2.24) is 19.4 Å². The van der Waals surface area contributed by atoms with E-state index in [-0.39, 0.29) is 18.1 Å². The molecule has 0 N–H and O–H groups in total. The van der Waals surface area contributed by atoms with Crippen molar-refractivity contribution >= 4 is 23.6 Å². The summed E-state index contributed by atoms with van der Waals surface area (Å²) in [5.74, 6) is 0.801. The van der Waals surface area contributed by atoms with E-state index in [4.69, 9.17) is 21.1 Å². The van der Waals surface area contributed by atoms with E-state index in [1.54, 1.807) is 36.7 Å². The van der Waals surface area contributed by atoms with Crippen molar-refractivity contribution in [3.05, 3.63) is 76.8 Å². The van der Waals surface area contributed by atoms with E-state index < -0.39 is 0 Å². The third kappa shape index (κ3) is 4.48. The lowest BCUT2D eigenvalue weighted by Crippen LogP contribution is -2.45. The molecule has 1 aromatic carbocycles. The van der Waals surface area contributed by atoms with Crippen molar-refractivity contribution in [3.63, 3.8) is 0 Å². The molecule has 0 spiro atoms. The molecular formula is C24H25ClN4O3. The van der Waals surface area contributed by atoms with Gasteiger partial charge in [-0.1, -0.05) is 23.7 Å². The molecule has 0 saturated carbocycles. The SMILES string of the molecule is COc1cc(/C=C2\O[C@@H](C)CN([C@H](C)c3ccc(Cl)nc3)C2=O)ccc1-n1cnc(C)c1. The normalized spacial score (nSPS) is 18.5. The fourth-order valence-electron chi connectivity index (χ4n) is 3.75. The smallest absolute Gasteiger partial charge is 0.289 e. The molecule has 1 amide bonds. The van der Waals surface area contributed by atoms with Crippen LogP contribution in [0.15, 0.2) is 54.8 Å². The topological polar surface area (TPSA) is 69.5 Å². The number of aryl methyl sites for hydroxylation is 1. The number of carbonyl (C=O) groups excluding carboxylic acids is 1. The van der Waals surface area contributed by atoms with Crippen molar-refractivity contribution in [2.75, 3.05) is 13.7 Å². The number of nitrogens with zero attached hydrogens (tertiary/aromatic N) is 4. The minimum absolute atomic E-state index is 0.142. The van der Waals surface area contributed by atoms with Crippen molar-refractivity contribution < 1.29 is 14.3 Å². The summed E-state index contributed by atoms with van der Waals surface area (Å²) in [6.07, 6.45) is 6.98. The maximum absolute atomic E-state index is 13.2. The molecule has 0 unspecified atom stereocenters. The molecule has 3 aromatic rings. The molecule has 3 heterocycles. The van der Waals surface area contributed by atoms with E-state index in [0.29, 0.717) is 23.2 Å². The highest BCUT2D eigenvalue weighted by molar-refractivity contribution is 6.29. The van der Waals surface area contributed by atoms with Gasteiger partial charge in [-0.2, -0.15) is 0 Å². The number of carbonyl (C=O) groups is 1. The lowest BCUT2D eigenvalue weighted by atomic mass is 10.1. The minimum Gasteiger partial charge on any atom is -0.495 e. The number of amides is 1. The quantitative estimate of drug-likeness (QED) is 0.418. The number of hydrogen-bond donors (Lipinski definition) is 0. The van der Waals surface area contributed by atoms with E-state index in [1.165, 1.54) is 0 Å². The molecule has 1 aliphatic heterocycles. The predicted octanol–water partition coefficient (Wildman–Crippen LogP) is 4.59. The van der Waals surface area contributed by atoms with Gasteiger partial charge < -0.3 is 18.9 Å². The van der Waals surface area contributed by atoms with E-state index in [0.717, 1.165) is 22.5 Å². The second-order valence-corrected chi connectivity index (χ2v) is 8.23. The molecule has 1 aliphatic rings. The maximum atomic E-state index is 13.2. The summed E-state index contributed by atoms with van der Waals surface area (Å²) in [5, 5.41) is 0.423. The first-order valence-corrected chi connectivity index (χ1v) is 10.7. The first-order chi connectivity index (χ1) is 15.4. The number of methoxy groups -OCH3 is 1. The number of imidazole rings is 1.